The van der Waals surface area contributed by atoms with Gasteiger partial charge < -0.3 is 9.84 Å². The molecule has 1 unspecified atom stereocenters. The molecule has 1 saturated carbocycles. The Bertz CT molecular complexity index is 169. The first-order valence-corrected chi connectivity index (χ1v) is 6.52. The molecule has 2 heteroatoms. The summed E-state index contributed by atoms with van der Waals surface area (Å²) in [5.41, 5.74) is -0.217. The van der Waals surface area contributed by atoms with Crippen LogP contribution >= 0.6 is 0 Å². The molecular formula is C13H26O2. The van der Waals surface area contributed by atoms with E-state index in [9.17, 15) is 5.11 Å². The lowest BCUT2D eigenvalue weighted by Gasteiger charge is -2.38. The Balaban J connectivity index is 2.69. The lowest BCUT2D eigenvalue weighted by Crippen LogP contribution is -2.46. The van der Waals surface area contributed by atoms with E-state index >= 15 is 0 Å². The molecule has 1 rings (SSSR count). The van der Waals surface area contributed by atoms with Crippen molar-refractivity contribution in [2.24, 2.45) is 5.92 Å². The summed E-state index contributed by atoms with van der Waals surface area (Å²) in [6.07, 6.45) is 6.32. The lowest BCUT2D eigenvalue weighted by atomic mass is 9.82. The summed E-state index contributed by atoms with van der Waals surface area (Å²) < 4.78 is 5.89. The van der Waals surface area contributed by atoms with Crippen LogP contribution in [0.4, 0.5) is 0 Å². The largest absolute Gasteiger partial charge is 0.390 e. The molecule has 0 saturated heterocycles. The molecule has 1 fully saturated rings. The highest BCUT2D eigenvalue weighted by molar-refractivity contribution is 4.95. The van der Waals surface area contributed by atoms with E-state index in [0.717, 1.165) is 32.3 Å². The van der Waals surface area contributed by atoms with Gasteiger partial charge in [0.25, 0.3) is 0 Å². The smallest absolute Gasteiger partial charge is 0.0942 e. The Hall–Kier alpha value is -0.0800. The minimum Gasteiger partial charge on any atom is -0.390 e. The topological polar surface area (TPSA) is 29.5 Å². The third-order valence-electron chi connectivity index (χ3n) is 3.92. The molecule has 1 N–H and O–H groups in total. The van der Waals surface area contributed by atoms with Crippen molar-refractivity contribution in [3.05, 3.63) is 0 Å². The Morgan fingerprint density at radius 3 is 2.07 bits per heavy atom. The van der Waals surface area contributed by atoms with E-state index < -0.39 is 0 Å². The fourth-order valence-electron chi connectivity index (χ4n) is 2.95. The molecule has 1 aliphatic carbocycles. The predicted octanol–water partition coefficient (Wildman–Crippen LogP) is 3.13. The SMILES string of the molecule is CCOC1(C(O)C(CC)CC)CCCC1. The monoisotopic (exact) mass is 214 g/mol. The Kier molecular flexibility index (Phi) is 5.07. The minimum absolute atomic E-state index is 0.217. The Morgan fingerprint density at radius 1 is 1.13 bits per heavy atom. The second-order valence-corrected chi connectivity index (χ2v) is 4.73. The van der Waals surface area contributed by atoms with Crippen LogP contribution in [0.1, 0.15) is 59.3 Å². The van der Waals surface area contributed by atoms with Crippen molar-refractivity contribution >= 4 is 0 Å². The number of hydrogen-bond acceptors (Lipinski definition) is 2. The van der Waals surface area contributed by atoms with Gasteiger partial charge in [0.15, 0.2) is 0 Å². The zero-order valence-corrected chi connectivity index (χ0v) is 10.5. The van der Waals surface area contributed by atoms with Crippen LogP contribution < -0.4 is 0 Å². The maximum absolute atomic E-state index is 10.5. The fourth-order valence-corrected chi connectivity index (χ4v) is 2.95. The first-order chi connectivity index (χ1) is 7.20. The van der Waals surface area contributed by atoms with Crippen molar-refractivity contribution in [2.75, 3.05) is 6.61 Å². The highest BCUT2D eigenvalue weighted by Crippen LogP contribution is 2.39. The van der Waals surface area contributed by atoms with Crippen molar-refractivity contribution in [1.29, 1.82) is 0 Å². The summed E-state index contributed by atoms with van der Waals surface area (Å²) in [6, 6.07) is 0. The summed E-state index contributed by atoms with van der Waals surface area (Å²) in [7, 11) is 0. The van der Waals surface area contributed by atoms with Crippen LogP contribution in [0.15, 0.2) is 0 Å². The molecule has 90 valence electrons. The lowest BCUT2D eigenvalue weighted by molar-refractivity contribution is -0.136. The second-order valence-electron chi connectivity index (χ2n) is 4.73. The van der Waals surface area contributed by atoms with E-state index in [0.29, 0.717) is 5.92 Å². The van der Waals surface area contributed by atoms with Crippen molar-refractivity contribution < 1.29 is 9.84 Å². The average molecular weight is 214 g/mol. The Labute approximate surface area is 94.0 Å². The van der Waals surface area contributed by atoms with Gasteiger partial charge in [0.2, 0.25) is 0 Å². The van der Waals surface area contributed by atoms with Gasteiger partial charge in [0.05, 0.1) is 11.7 Å². The maximum atomic E-state index is 10.5. The van der Waals surface area contributed by atoms with Gasteiger partial charge in [0.1, 0.15) is 0 Å². The zero-order chi connectivity index (χ0) is 11.3. The molecule has 15 heavy (non-hydrogen) atoms. The second kappa shape index (κ2) is 5.86. The normalized spacial score (nSPS) is 22.2. The van der Waals surface area contributed by atoms with E-state index in [-0.39, 0.29) is 11.7 Å². The Morgan fingerprint density at radius 2 is 1.67 bits per heavy atom. The number of aliphatic hydroxyl groups excluding tert-OH is 1. The van der Waals surface area contributed by atoms with Crippen LogP contribution in [-0.2, 0) is 4.74 Å². The van der Waals surface area contributed by atoms with Gasteiger partial charge in [-0.2, -0.15) is 0 Å². The standard InChI is InChI=1S/C13H26O2/c1-4-11(5-2)12(14)13(15-6-3)9-7-8-10-13/h11-12,14H,4-10H2,1-3H3. The first kappa shape index (κ1) is 13.0. The third kappa shape index (κ3) is 2.73. The number of ether oxygens (including phenoxy) is 1. The average Bonchev–Trinajstić information content (AvgIpc) is 2.70. The molecule has 0 heterocycles. The van der Waals surface area contributed by atoms with Crippen molar-refractivity contribution in [3.63, 3.8) is 0 Å². The van der Waals surface area contributed by atoms with Gasteiger partial charge in [-0.05, 0) is 25.7 Å². The van der Waals surface area contributed by atoms with Gasteiger partial charge in [0, 0.05) is 6.61 Å². The van der Waals surface area contributed by atoms with Crippen LogP contribution in [0.25, 0.3) is 0 Å². The fraction of sp³-hybridized carbons (Fsp3) is 1.00. The van der Waals surface area contributed by atoms with E-state index in [1.54, 1.807) is 0 Å². The molecule has 1 atom stereocenters. The molecule has 0 spiro atoms. The minimum atomic E-state index is -0.269. The van der Waals surface area contributed by atoms with Gasteiger partial charge in [-0.15, -0.1) is 0 Å². The molecule has 0 aliphatic heterocycles. The van der Waals surface area contributed by atoms with Crippen molar-refractivity contribution in [3.8, 4) is 0 Å². The summed E-state index contributed by atoms with van der Waals surface area (Å²) >= 11 is 0. The van der Waals surface area contributed by atoms with Crippen molar-refractivity contribution in [2.45, 2.75) is 71.0 Å². The van der Waals surface area contributed by atoms with Gasteiger partial charge >= 0.3 is 0 Å². The van der Waals surface area contributed by atoms with Gasteiger partial charge in [-0.25, -0.2) is 0 Å². The summed E-state index contributed by atoms with van der Waals surface area (Å²) in [4.78, 5) is 0. The summed E-state index contributed by atoms with van der Waals surface area (Å²) in [5, 5.41) is 10.5. The third-order valence-corrected chi connectivity index (χ3v) is 3.92. The van der Waals surface area contributed by atoms with E-state index in [1.807, 2.05) is 6.92 Å². The van der Waals surface area contributed by atoms with Crippen molar-refractivity contribution in [1.82, 2.24) is 0 Å². The molecule has 0 bridgehead atoms. The molecule has 1 aliphatic rings. The molecule has 0 radical (unpaired) electrons. The first-order valence-electron chi connectivity index (χ1n) is 6.52. The number of hydrogen-bond donors (Lipinski definition) is 1. The zero-order valence-electron chi connectivity index (χ0n) is 10.5. The molecule has 0 aromatic rings. The van der Waals surface area contributed by atoms with Gasteiger partial charge in [-0.1, -0.05) is 39.5 Å². The number of rotatable bonds is 6. The van der Waals surface area contributed by atoms with Crippen LogP contribution in [-0.4, -0.2) is 23.4 Å². The van der Waals surface area contributed by atoms with E-state index in [4.69, 9.17) is 4.74 Å². The van der Waals surface area contributed by atoms with Crippen LogP contribution in [0.2, 0.25) is 0 Å². The molecule has 0 aromatic heterocycles. The van der Waals surface area contributed by atoms with E-state index in [1.165, 1.54) is 12.8 Å². The van der Waals surface area contributed by atoms with Crippen LogP contribution in [0.5, 0.6) is 0 Å². The predicted molar refractivity (Wildman–Crippen MR) is 62.9 cm³/mol. The van der Waals surface area contributed by atoms with Crippen LogP contribution in [0, 0.1) is 5.92 Å². The van der Waals surface area contributed by atoms with Crippen LogP contribution in [0.3, 0.4) is 0 Å². The highest BCUT2D eigenvalue weighted by Gasteiger charge is 2.43. The maximum Gasteiger partial charge on any atom is 0.0942 e. The molecule has 0 amide bonds. The summed E-state index contributed by atoms with van der Waals surface area (Å²) in [6.45, 7) is 7.06. The quantitative estimate of drug-likeness (QED) is 0.736. The molecular weight excluding hydrogens is 188 g/mol. The number of aliphatic hydroxyl groups is 1. The highest BCUT2D eigenvalue weighted by atomic mass is 16.5. The van der Waals surface area contributed by atoms with Gasteiger partial charge in [-0.3, -0.25) is 0 Å². The molecule has 2 nitrogen and oxygen atoms in total. The van der Waals surface area contributed by atoms with E-state index in [2.05, 4.69) is 13.8 Å². The summed E-state index contributed by atoms with van der Waals surface area (Å²) in [5.74, 6) is 0.398. The molecule has 0 aromatic carbocycles.